The van der Waals surface area contributed by atoms with Crippen LogP contribution in [-0.4, -0.2) is 41.0 Å². The Kier molecular flexibility index (Phi) is 6.47. The lowest BCUT2D eigenvalue weighted by Gasteiger charge is -2.28. The van der Waals surface area contributed by atoms with Crippen molar-refractivity contribution < 1.29 is 4.79 Å². The smallest absolute Gasteiger partial charge is 0.230 e. The lowest BCUT2D eigenvalue weighted by Crippen LogP contribution is -2.33. The number of aromatic nitrogens is 2. The van der Waals surface area contributed by atoms with E-state index in [2.05, 4.69) is 44.7 Å². The van der Waals surface area contributed by atoms with E-state index in [0.29, 0.717) is 11.8 Å². The summed E-state index contributed by atoms with van der Waals surface area (Å²) in [5.74, 6) is 0.491. The van der Waals surface area contributed by atoms with Crippen molar-refractivity contribution in [3.63, 3.8) is 0 Å². The molecule has 0 radical (unpaired) electrons. The Hall–Kier alpha value is -2.08. The van der Waals surface area contributed by atoms with E-state index in [1.165, 1.54) is 49.6 Å². The van der Waals surface area contributed by atoms with Crippen LogP contribution < -0.4 is 10.2 Å². The monoisotopic (exact) mass is 396 g/mol. The third-order valence-electron chi connectivity index (χ3n) is 5.60. The number of hydrogen-bond donors (Lipinski definition) is 1. The molecule has 1 aromatic carbocycles. The highest BCUT2D eigenvalue weighted by atomic mass is 32.2. The highest BCUT2D eigenvalue weighted by molar-refractivity contribution is 7.99. The molecule has 1 saturated carbocycles. The second-order valence-electron chi connectivity index (χ2n) is 7.69. The quantitative estimate of drug-likeness (QED) is 0.739. The summed E-state index contributed by atoms with van der Waals surface area (Å²) in [7, 11) is 0. The Morgan fingerprint density at radius 3 is 2.39 bits per heavy atom. The molecular formula is C22H28N4OS. The van der Waals surface area contributed by atoms with Gasteiger partial charge in [0.05, 0.1) is 11.4 Å². The second-order valence-corrected chi connectivity index (χ2v) is 8.68. The van der Waals surface area contributed by atoms with Crippen molar-refractivity contribution in [3.05, 3.63) is 36.4 Å². The average Bonchev–Trinajstić information content (AvgIpc) is 3.26. The number of carbonyl (C=O) groups is 1. The maximum Gasteiger partial charge on any atom is 0.230 e. The van der Waals surface area contributed by atoms with Crippen LogP contribution in [0, 0.1) is 0 Å². The van der Waals surface area contributed by atoms with Gasteiger partial charge in [-0.25, -0.2) is 0 Å². The van der Waals surface area contributed by atoms with Gasteiger partial charge in [0.15, 0.2) is 0 Å². The van der Waals surface area contributed by atoms with Gasteiger partial charge in [0.1, 0.15) is 5.03 Å². The van der Waals surface area contributed by atoms with Crippen molar-refractivity contribution in [3.8, 4) is 11.3 Å². The molecule has 0 atom stereocenters. The first-order valence-electron chi connectivity index (χ1n) is 10.4. The summed E-state index contributed by atoms with van der Waals surface area (Å²) in [5, 5.41) is 12.5. The van der Waals surface area contributed by atoms with Gasteiger partial charge >= 0.3 is 0 Å². The van der Waals surface area contributed by atoms with Crippen molar-refractivity contribution in [2.24, 2.45) is 0 Å². The first kappa shape index (κ1) is 19.2. The molecule has 0 unspecified atom stereocenters. The standard InChI is InChI=1S/C22H28N4OS/c27-21(23-18-6-2-3-7-18)16-28-22-13-12-20(24-25-22)17-8-10-19(11-9-17)26-14-4-1-5-15-26/h8-13,18H,1-7,14-16H2,(H,23,27). The summed E-state index contributed by atoms with van der Waals surface area (Å²) in [6, 6.07) is 12.9. The molecule has 2 aliphatic rings. The van der Waals surface area contributed by atoms with Crippen LogP contribution in [0.1, 0.15) is 44.9 Å². The van der Waals surface area contributed by atoms with Crippen molar-refractivity contribution in [1.82, 2.24) is 15.5 Å². The third-order valence-corrected chi connectivity index (χ3v) is 6.52. The van der Waals surface area contributed by atoms with Crippen molar-refractivity contribution in [1.29, 1.82) is 0 Å². The third kappa shape index (κ3) is 5.04. The van der Waals surface area contributed by atoms with Crippen LogP contribution in [0.3, 0.4) is 0 Å². The van der Waals surface area contributed by atoms with Crippen LogP contribution in [0.2, 0.25) is 0 Å². The summed E-state index contributed by atoms with van der Waals surface area (Å²) in [4.78, 5) is 14.5. The van der Waals surface area contributed by atoms with E-state index in [9.17, 15) is 4.79 Å². The molecule has 1 aliphatic carbocycles. The van der Waals surface area contributed by atoms with Crippen LogP contribution in [0.5, 0.6) is 0 Å². The van der Waals surface area contributed by atoms with E-state index in [1.54, 1.807) is 0 Å². The van der Waals surface area contributed by atoms with E-state index in [-0.39, 0.29) is 5.91 Å². The van der Waals surface area contributed by atoms with Gasteiger partial charge in [-0.1, -0.05) is 36.7 Å². The van der Waals surface area contributed by atoms with Gasteiger partial charge in [-0.05, 0) is 56.4 Å². The molecule has 0 bridgehead atoms. The van der Waals surface area contributed by atoms with Crippen LogP contribution in [0.15, 0.2) is 41.4 Å². The number of amides is 1. The van der Waals surface area contributed by atoms with E-state index in [0.717, 1.165) is 42.2 Å². The second kappa shape index (κ2) is 9.41. The zero-order valence-electron chi connectivity index (χ0n) is 16.3. The van der Waals surface area contributed by atoms with Crippen LogP contribution in [0.25, 0.3) is 11.3 Å². The predicted octanol–water partition coefficient (Wildman–Crippen LogP) is 4.28. The first-order chi connectivity index (χ1) is 13.8. The highest BCUT2D eigenvalue weighted by Crippen LogP contribution is 2.25. The van der Waals surface area contributed by atoms with Gasteiger partial charge in [0, 0.05) is 30.4 Å². The molecule has 1 N–H and O–H groups in total. The minimum absolute atomic E-state index is 0.0936. The number of nitrogens with one attached hydrogen (secondary N) is 1. The van der Waals surface area contributed by atoms with Crippen molar-refractivity contribution >= 4 is 23.4 Å². The maximum absolute atomic E-state index is 12.0. The zero-order chi connectivity index (χ0) is 19.2. The number of nitrogens with zero attached hydrogens (tertiary/aromatic N) is 3. The van der Waals surface area contributed by atoms with Crippen molar-refractivity contribution in [2.45, 2.75) is 56.0 Å². The number of thioether (sulfide) groups is 1. The van der Waals surface area contributed by atoms with Gasteiger partial charge < -0.3 is 10.2 Å². The summed E-state index contributed by atoms with van der Waals surface area (Å²) in [6.07, 6.45) is 8.59. The number of piperidine rings is 1. The largest absolute Gasteiger partial charge is 0.372 e. The molecule has 2 fully saturated rings. The maximum atomic E-state index is 12.0. The molecule has 1 amide bonds. The molecule has 2 heterocycles. The Balaban J connectivity index is 1.30. The van der Waals surface area contributed by atoms with Gasteiger partial charge in [0.25, 0.3) is 0 Å². The molecule has 1 aromatic heterocycles. The summed E-state index contributed by atoms with van der Waals surface area (Å²) < 4.78 is 0. The molecule has 0 spiro atoms. The Morgan fingerprint density at radius 2 is 1.71 bits per heavy atom. The Bertz CT molecular complexity index is 766. The lowest BCUT2D eigenvalue weighted by atomic mass is 10.1. The summed E-state index contributed by atoms with van der Waals surface area (Å²) in [5.41, 5.74) is 3.23. The topological polar surface area (TPSA) is 58.1 Å². The summed E-state index contributed by atoms with van der Waals surface area (Å²) >= 11 is 1.44. The lowest BCUT2D eigenvalue weighted by molar-refractivity contribution is -0.119. The average molecular weight is 397 g/mol. The van der Waals surface area contributed by atoms with E-state index in [1.807, 2.05) is 12.1 Å². The van der Waals surface area contributed by atoms with Gasteiger partial charge in [-0.3, -0.25) is 4.79 Å². The fourth-order valence-electron chi connectivity index (χ4n) is 4.03. The molecule has 1 aliphatic heterocycles. The normalized spacial score (nSPS) is 17.6. The molecule has 2 aromatic rings. The zero-order valence-corrected chi connectivity index (χ0v) is 17.1. The SMILES string of the molecule is O=C(CSc1ccc(-c2ccc(N3CCCCC3)cc2)nn1)NC1CCCC1. The summed E-state index contributed by atoms with van der Waals surface area (Å²) in [6.45, 7) is 2.30. The highest BCUT2D eigenvalue weighted by Gasteiger charge is 2.17. The molecule has 1 saturated heterocycles. The molecular weight excluding hydrogens is 368 g/mol. The molecule has 148 valence electrons. The fourth-order valence-corrected chi connectivity index (χ4v) is 4.65. The Labute approximate surface area is 171 Å². The first-order valence-corrected chi connectivity index (χ1v) is 11.4. The number of benzene rings is 1. The molecule has 4 rings (SSSR count). The van der Waals surface area contributed by atoms with E-state index < -0.39 is 0 Å². The number of rotatable bonds is 6. The fraction of sp³-hybridized carbons (Fsp3) is 0.500. The minimum atomic E-state index is 0.0936. The molecule has 28 heavy (non-hydrogen) atoms. The van der Waals surface area contributed by atoms with Gasteiger partial charge in [-0.15, -0.1) is 10.2 Å². The Morgan fingerprint density at radius 1 is 0.964 bits per heavy atom. The minimum Gasteiger partial charge on any atom is -0.372 e. The van der Waals surface area contributed by atoms with Crippen molar-refractivity contribution in [2.75, 3.05) is 23.7 Å². The van der Waals surface area contributed by atoms with Crippen LogP contribution in [0.4, 0.5) is 5.69 Å². The van der Waals surface area contributed by atoms with Gasteiger partial charge in [0.2, 0.25) is 5.91 Å². The van der Waals surface area contributed by atoms with Crippen LogP contribution in [-0.2, 0) is 4.79 Å². The number of hydrogen-bond acceptors (Lipinski definition) is 5. The van der Waals surface area contributed by atoms with Crippen LogP contribution >= 0.6 is 11.8 Å². The number of anilines is 1. The number of carbonyl (C=O) groups excluding carboxylic acids is 1. The van der Waals surface area contributed by atoms with E-state index >= 15 is 0 Å². The predicted molar refractivity (Wildman–Crippen MR) is 115 cm³/mol. The molecule has 6 heteroatoms. The molecule has 5 nitrogen and oxygen atoms in total. The van der Waals surface area contributed by atoms with E-state index in [4.69, 9.17) is 0 Å². The van der Waals surface area contributed by atoms with Gasteiger partial charge in [-0.2, -0.15) is 0 Å².